The molecule has 1 aliphatic rings. The number of nitrogens with zero attached hydrogens (tertiary/aromatic N) is 2. The third-order valence-corrected chi connectivity index (χ3v) is 3.66. The van der Waals surface area contributed by atoms with E-state index >= 15 is 0 Å². The van der Waals surface area contributed by atoms with E-state index in [4.69, 9.17) is 5.73 Å². The van der Waals surface area contributed by atoms with Crippen molar-refractivity contribution in [1.29, 1.82) is 0 Å². The Morgan fingerprint density at radius 2 is 2.33 bits per heavy atom. The molecule has 5 heteroatoms. The minimum absolute atomic E-state index is 0.0491. The third-order valence-electron chi connectivity index (χ3n) is 3.66. The number of hydrogen-bond acceptors (Lipinski definition) is 3. The number of carbonyl (C=O) groups excluding carboxylic acids is 1. The van der Waals surface area contributed by atoms with E-state index in [1.165, 1.54) is 12.8 Å². The molecule has 1 aromatic heterocycles. The molecule has 2 unspecified atom stereocenters. The van der Waals surface area contributed by atoms with Crippen molar-refractivity contribution < 1.29 is 4.79 Å². The first kappa shape index (κ1) is 13.1. The smallest absolute Gasteiger partial charge is 0.224 e. The van der Waals surface area contributed by atoms with Gasteiger partial charge in [0.25, 0.3) is 0 Å². The molecular formula is C13H22N4O. The van der Waals surface area contributed by atoms with Crippen LogP contribution in [0.1, 0.15) is 39.0 Å². The molecule has 1 saturated carbocycles. The molecule has 18 heavy (non-hydrogen) atoms. The normalized spacial score (nSPS) is 23.9. The van der Waals surface area contributed by atoms with E-state index in [0.29, 0.717) is 12.3 Å². The van der Waals surface area contributed by atoms with Crippen molar-refractivity contribution in [2.45, 2.75) is 51.6 Å². The molecule has 100 valence electrons. The number of nitrogens with one attached hydrogen (secondary N) is 1. The lowest BCUT2D eigenvalue weighted by atomic mass is 9.83. The first-order valence-corrected chi connectivity index (χ1v) is 6.77. The number of rotatable bonds is 4. The van der Waals surface area contributed by atoms with Gasteiger partial charge in [-0.15, -0.1) is 0 Å². The molecule has 5 nitrogen and oxygen atoms in total. The summed E-state index contributed by atoms with van der Waals surface area (Å²) in [5.74, 6) is 0.382. The van der Waals surface area contributed by atoms with Crippen LogP contribution in [0.2, 0.25) is 0 Å². The second kappa shape index (κ2) is 6.00. The molecule has 0 spiro atoms. The van der Waals surface area contributed by atoms with Crippen LogP contribution >= 0.6 is 0 Å². The van der Waals surface area contributed by atoms with Crippen molar-refractivity contribution in [3.8, 4) is 0 Å². The van der Waals surface area contributed by atoms with Crippen molar-refractivity contribution in [3.05, 3.63) is 12.4 Å². The van der Waals surface area contributed by atoms with E-state index in [0.717, 1.165) is 25.1 Å². The van der Waals surface area contributed by atoms with E-state index in [9.17, 15) is 4.79 Å². The molecule has 0 aliphatic heterocycles. The van der Waals surface area contributed by atoms with Gasteiger partial charge in [0.05, 0.1) is 11.9 Å². The molecule has 1 aromatic rings. The van der Waals surface area contributed by atoms with Gasteiger partial charge in [-0.1, -0.05) is 12.8 Å². The summed E-state index contributed by atoms with van der Waals surface area (Å²) < 4.78 is 1.79. The highest BCUT2D eigenvalue weighted by Crippen LogP contribution is 2.25. The molecule has 1 amide bonds. The maximum absolute atomic E-state index is 11.9. The highest BCUT2D eigenvalue weighted by atomic mass is 16.1. The SMILES string of the molecule is CCn1cc(NC(=O)CC2CCCCC2N)cn1. The summed E-state index contributed by atoms with van der Waals surface area (Å²) in [7, 11) is 0. The van der Waals surface area contributed by atoms with Crippen LogP contribution in [0, 0.1) is 5.92 Å². The minimum atomic E-state index is 0.0491. The predicted molar refractivity (Wildman–Crippen MR) is 71.1 cm³/mol. The topological polar surface area (TPSA) is 72.9 Å². The van der Waals surface area contributed by atoms with E-state index in [1.54, 1.807) is 10.9 Å². The Morgan fingerprint density at radius 3 is 3.00 bits per heavy atom. The van der Waals surface area contributed by atoms with Crippen molar-refractivity contribution in [1.82, 2.24) is 9.78 Å². The van der Waals surface area contributed by atoms with Gasteiger partial charge in [0.15, 0.2) is 0 Å². The van der Waals surface area contributed by atoms with Crippen LogP contribution < -0.4 is 11.1 Å². The van der Waals surface area contributed by atoms with E-state index in [-0.39, 0.29) is 11.9 Å². The lowest BCUT2D eigenvalue weighted by molar-refractivity contribution is -0.117. The summed E-state index contributed by atoms with van der Waals surface area (Å²) in [6, 6.07) is 0.183. The number of nitrogens with two attached hydrogens (primary N) is 1. The van der Waals surface area contributed by atoms with Crippen LogP contribution in [0.25, 0.3) is 0 Å². The molecule has 1 heterocycles. The van der Waals surface area contributed by atoms with Crippen LogP contribution in [0.4, 0.5) is 5.69 Å². The predicted octanol–water partition coefficient (Wildman–Crippen LogP) is 1.75. The van der Waals surface area contributed by atoms with Gasteiger partial charge in [-0.25, -0.2) is 0 Å². The molecule has 3 N–H and O–H groups in total. The fraction of sp³-hybridized carbons (Fsp3) is 0.692. The average molecular weight is 250 g/mol. The van der Waals surface area contributed by atoms with Gasteiger partial charge in [-0.05, 0) is 25.7 Å². The maximum Gasteiger partial charge on any atom is 0.224 e. The number of amides is 1. The second-order valence-electron chi connectivity index (χ2n) is 5.05. The Hall–Kier alpha value is -1.36. The first-order valence-electron chi connectivity index (χ1n) is 6.77. The summed E-state index contributed by atoms with van der Waals surface area (Å²) in [5.41, 5.74) is 6.82. The van der Waals surface area contributed by atoms with E-state index in [2.05, 4.69) is 10.4 Å². The van der Waals surface area contributed by atoms with Gasteiger partial charge in [0.1, 0.15) is 0 Å². The molecule has 1 aliphatic carbocycles. The molecule has 0 radical (unpaired) electrons. The van der Waals surface area contributed by atoms with Crippen LogP contribution in [0.5, 0.6) is 0 Å². The molecular weight excluding hydrogens is 228 g/mol. The van der Waals surface area contributed by atoms with Crippen LogP contribution in [0.3, 0.4) is 0 Å². The standard InChI is InChI=1S/C13H22N4O/c1-2-17-9-11(8-15-17)16-13(18)7-10-5-3-4-6-12(10)14/h8-10,12H,2-7,14H2,1H3,(H,16,18). The molecule has 0 saturated heterocycles. The Labute approximate surface area is 108 Å². The Bertz CT molecular complexity index is 401. The fourth-order valence-corrected chi connectivity index (χ4v) is 2.54. The van der Waals surface area contributed by atoms with Gasteiger partial charge in [0.2, 0.25) is 5.91 Å². The Kier molecular flexibility index (Phi) is 4.36. The third kappa shape index (κ3) is 3.32. The molecule has 0 aromatic carbocycles. The number of carbonyl (C=O) groups is 1. The number of anilines is 1. The summed E-state index contributed by atoms with van der Waals surface area (Å²) in [6.07, 6.45) is 8.57. The van der Waals surface area contributed by atoms with Crippen LogP contribution in [0.15, 0.2) is 12.4 Å². The average Bonchev–Trinajstić information content (AvgIpc) is 2.80. The highest BCUT2D eigenvalue weighted by Gasteiger charge is 2.24. The van der Waals surface area contributed by atoms with Gasteiger partial charge >= 0.3 is 0 Å². The highest BCUT2D eigenvalue weighted by molar-refractivity contribution is 5.90. The summed E-state index contributed by atoms with van der Waals surface area (Å²) in [6.45, 7) is 2.82. The van der Waals surface area contributed by atoms with Crippen LogP contribution in [-0.2, 0) is 11.3 Å². The molecule has 1 fully saturated rings. The van der Waals surface area contributed by atoms with Gasteiger partial charge in [0, 0.05) is 25.2 Å². The van der Waals surface area contributed by atoms with Crippen molar-refractivity contribution >= 4 is 11.6 Å². The second-order valence-corrected chi connectivity index (χ2v) is 5.05. The van der Waals surface area contributed by atoms with Crippen molar-refractivity contribution in [3.63, 3.8) is 0 Å². The number of aryl methyl sites for hydroxylation is 1. The fourth-order valence-electron chi connectivity index (χ4n) is 2.54. The zero-order valence-electron chi connectivity index (χ0n) is 10.9. The van der Waals surface area contributed by atoms with Crippen molar-refractivity contribution in [2.75, 3.05) is 5.32 Å². The minimum Gasteiger partial charge on any atom is -0.327 e. The lowest BCUT2D eigenvalue weighted by Crippen LogP contribution is -2.35. The monoisotopic (exact) mass is 250 g/mol. The van der Waals surface area contributed by atoms with Crippen LogP contribution in [-0.4, -0.2) is 21.7 Å². The zero-order valence-corrected chi connectivity index (χ0v) is 10.9. The Balaban J connectivity index is 1.84. The largest absolute Gasteiger partial charge is 0.327 e. The zero-order chi connectivity index (χ0) is 13.0. The van der Waals surface area contributed by atoms with E-state index < -0.39 is 0 Å². The molecule has 2 atom stereocenters. The number of aromatic nitrogens is 2. The van der Waals surface area contributed by atoms with Crippen molar-refractivity contribution in [2.24, 2.45) is 11.7 Å². The lowest BCUT2D eigenvalue weighted by Gasteiger charge is -2.27. The number of hydrogen-bond donors (Lipinski definition) is 2. The van der Waals surface area contributed by atoms with Gasteiger partial charge in [-0.2, -0.15) is 5.10 Å². The summed E-state index contributed by atoms with van der Waals surface area (Å²) >= 11 is 0. The summed E-state index contributed by atoms with van der Waals surface area (Å²) in [4.78, 5) is 11.9. The first-order chi connectivity index (χ1) is 8.69. The van der Waals surface area contributed by atoms with Gasteiger partial charge < -0.3 is 11.1 Å². The maximum atomic E-state index is 11.9. The quantitative estimate of drug-likeness (QED) is 0.855. The van der Waals surface area contributed by atoms with Gasteiger partial charge in [-0.3, -0.25) is 9.48 Å². The Morgan fingerprint density at radius 1 is 1.56 bits per heavy atom. The summed E-state index contributed by atoms with van der Waals surface area (Å²) in [5, 5.41) is 7.01. The molecule has 0 bridgehead atoms. The van der Waals surface area contributed by atoms with E-state index in [1.807, 2.05) is 13.1 Å². The molecule has 2 rings (SSSR count).